The molecule has 0 bridgehead atoms. The first-order chi connectivity index (χ1) is 7.19. The van der Waals surface area contributed by atoms with Gasteiger partial charge in [-0.2, -0.15) is 26.1 Å². The van der Waals surface area contributed by atoms with Crippen LogP contribution in [0.4, 0.5) is 0 Å². The summed E-state index contributed by atoms with van der Waals surface area (Å²) >= 11 is 0. The molecule has 7 nitrogen and oxygen atoms in total. The van der Waals surface area contributed by atoms with Crippen LogP contribution in [0.3, 0.4) is 0 Å². The Labute approximate surface area is 85.4 Å². The van der Waals surface area contributed by atoms with Crippen LogP contribution in [0.25, 0.3) is 0 Å². The normalized spacial score (nSPS) is 10.9. The lowest BCUT2D eigenvalue weighted by atomic mass is 10.3. The Kier molecular flexibility index (Phi) is 5.36. The maximum atomic E-state index is 8.89. The Morgan fingerprint density at radius 2 is 1.80 bits per heavy atom. The predicted octanol–water partition coefficient (Wildman–Crippen LogP) is -0.729. The van der Waals surface area contributed by atoms with E-state index in [0.717, 1.165) is 6.20 Å². The second-order valence-corrected chi connectivity index (χ2v) is 2.05. The molecule has 0 aliphatic rings. The fourth-order valence-corrected chi connectivity index (χ4v) is 0.464. The molecular weight excluding hydrogens is 196 g/mol. The van der Waals surface area contributed by atoms with Crippen LogP contribution in [0.15, 0.2) is 16.9 Å². The third-order valence-corrected chi connectivity index (χ3v) is 1.13. The van der Waals surface area contributed by atoms with Crippen molar-refractivity contribution in [3.8, 4) is 24.3 Å². The van der Waals surface area contributed by atoms with Crippen LogP contribution in [0, 0.1) is 45.3 Å². The molecule has 7 heteroatoms. The summed E-state index contributed by atoms with van der Waals surface area (Å²) in [6.07, 6.45) is -0.690. The Hall–Kier alpha value is -2.87. The smallest absolute Gasteiger partial charge is 0.195 e. The predicted molar refractivity (Wildman–Crippen MR) is 47.1 cm³/mol. The van der Waals surface area contributed by atoms with Gasteiger partial charge in [0.05, 0.1) is 0 Å². The minimum absolute atomic E-state index is 0.248. The van der Waals surface area contributed by atoms with Crippen LogP contribution in [0.1, 0.15) is 0 Å². The molecule has 0 spiro atoms. The third kappa shape index (κ3) is 4.05. The molecule has 0 heterocycles. The Morgan fingerprint density at radius 1 is 1.20 bits per heavy atom. The van der Waals surface area contributed by atoms with Gasteiger partial charge in [0.2, 0.25) is 0 Å². The molecule has 0 rings (SSSR count). The molecule has 0 aromatic rings. The van der Waals surface area contributed by atoms with E-state index in [0.29, 0.717) is 0 Å². The summed E-state index contributed by atoms with van der Waals surface area (Å²) in [6.45, 7) is 0. The average molecular weight is 200 g/mol. The van der Waals surface area contributed by atoms with Crippen LogP contribution < -0.4 is 5.43 Å². The van der Waals surface area contributed by atoms with Gasteiger partial charge in [-0.1, -0.05) is 0 Å². The second-order valence-electron chi connectivity index (χ2n) is 2.05. The molecular formula is C8H4N6O. The summed E-state index contributed by atoms with van der Waals surface area (Å²) < 4.78 is 0. The number of nitriles is 4. The number of aliphatic hydroxyl groups is 1. The van der Waals surface area contributed by atoms with Gasteiger partial charge in [-0.15, -0.1) is 0 Å². The van der Waals surface area contributed by atoms with Gasteiger partial charge in [0.25, 0.3) is 0 Å². The van der Waals surface area contributed by atoms with Crippen molar-refractivity contribution in [2.45, 2.75) is 6.10 Å². The van der Waals surface area contributed by atoms with Crippen LogP contribution in [0.2, 0.25) is 0 Å². The molecule has 0 aromatic heterocycles. The summed E-state index contributed by atoms with van der Waals surface area (Å²) in [7, 11) is 0. The summed E-state index contributed by atoms with van der Waals surface area (Å²) in [5, 5.41) is 45.5. The summed E-state index contributed by atoms with van der Waals surface area (Å²) in [5.74, 6) is 0. The van der Waals surface area contributed by atoms with Crippen LogP contribution in [0.5, 0.6) is 0 Å². The number of allylic oxidation sites excluding steroid dienone is 1. The highest BCUT2D eigenvalue weighted by Gasteiger charge is 2.09. The van der Waals surface area contributed by atoms with Gasteiger partial charge in [0.1, 0.15) is 29.8 Å². The first-order valence-electron chi connectivity index (χ1n) is 3.50. The summed E-state index contributed by atoms with van der Waals surface area (Å²) in [4.78, 5) is 0. The zero-order valence-corrected chi connectivity index (χ0v) is 7.34. The first kappa shape index (κ1) is 12.1. The second kappa shape index (κ2) is 6.62. The maximum Gasteiger partial charge on any atom is 0.195 e. The van der Waals surface area contributed by atoms with E-state index < -0.39 is 11.8 Å². The van der Waals surface area contributed by atoms with Crippen molar-refractivity contribution in [2.24, 2.45) is 5.10 Å². The molecule has 0 aliphatic carbocycles. The number of nitrogens with one attached hydrogen (secondary N) is 1. The van der Waals surface area contributed by atoms with Crippen LogP contribution in [-0.2, 0) is 0 Å². The monoisotopic (exact) mass is 200 g/mol. The van der Waals surface area contributed by atoms with Crippen molar-refractivity contribution in [3.05, 3.63) is 11.8 Å². The third-order valence-electron chi connectivity index (χ3n) is 1.13. The lowest BCUT2D eigenvalue weighted by Crippen LogP contribution is -2.18. The van der Waals surface area contributed by atoms with E-state index in [9.17, 15) is 0 Å². The molecule has 0 saturated heterocycles. The molecule has 0 radical (unpaired) electrons. The summed E-state index contributed by atoms with van der Waals surface area (Å²) in [6, 6.07) is 5.97. The van der Waals surface area contributed by atoms with E-state index in [1.54, 1.807) is 12.1 Å². The Morgan fingerprint density at radius 3 is 2.20 bits per heavy atom. The molecule has 72 valence electrons. The number of rotatable bonds is 3. The minimum atomic E-state index is -1.64. The molecule has 1 unspecified atom stereocenters. The molecule has 0 aromatic carbocycles. The van der Waals surface area contributed by atoms with Crippen molar-refractivity contribution in [2.75, 3.05) is 0 Å². The zero-order valence-electron chi connectivity index (χ0n) is 7.34. The minimum Gasteiger partial charge on any atom is -0.372 e. The van der Waals surface area contributed by atoms with E-state index in [1.165, 1.54) is 12.1 Å². The SMILES string of the molecule is N#CC(C#N)=CNN=C(C#N)C(O)C#N. The highest BCUT2D eigenvalue weighted by molar-refractivity contribution is 6.03. The Balaban J connectivity index is 4.63. The van der Waals surface area contributed by atoms with Gasteiger partial charge in [-0.3, -0.25) is 5.43 Å². The van der Waals surface area contributed by atoms with Gasteiger partial charge >= 0.3 is 0 Å². The van der Waals surface area contributed by atoms with Gasteiger partial charge in [0, 0.05) is 6.20 Å². The zero-order chi connectivity index (χ0) is 11.7. The van der Waals surface area contributed by atoms with Crippen molar-refractivity contribution in [1.82, 2.24) is 5.43 Å². The largest absolute Gasteiger partial charge is 0.372 e. The Bertz CT molecular complexity index is 433. The standard InChI is InChI=1S/C8H4N6O/c9-1-6(2-10)5-13-14-7(3-11)8(15)4-12/h5,8,13,15H. The number of nitrogens with zero attached hydrogens (tertiary/aromatic N) is 5. The summed E-state index contributed by atoms with van der Waals surface area (Å²) in [5.41, 5.74) is 1.40. The molecule has 15 heavy (non-hydrogen) atoms. The fourth-order valence-electron chi connectivity index (χ4n) is 0.464. The molecule has 0 aliphatic heterocycles. The number of hydrogen-bond donors (Lipinski definition) is 2. The quantitative estimate of drug-likeness (QED) is 0.266. The van der Waals surface area contributed by atoms with Crippen LogP contribution >= 0.6 is 0 Å². The van der Waals surface area contributed by atoms with Gasteiger partial charge in [-0.25, -0.2) is 0 Å². The van der Waals surface area contributed by atoms with Crippen molar-refractivity contribution >= 4 is 5.71 Å². The average Bonchev–Trinajstić information content (AvgIpc) is 2.28. The lowest BCUT2D eigenvalue weighted by Gasteiger charge is -1.96. The fraction of sp³-hybridized carbons (Fsp3) is 0.125. The van der Waals surface area contributed by atoms with E-state index in [4.69, 9.17) is 26.2 Å². The molecule has 2 N–H and O–H groups in total. The number of hydrogen-bond acceptors (Lipinski definition) is 7. The maximum absolute atomic E-state index is 8.89. The van der Waals surface area contributed by atoms with Gasteiger partial charge in [0.15, 0.2) is 11.8 Å². The molecule has 0 saturated carbocycles. The van der Waals surface area contributed by atoms with Gasteiger partial charge in [-0.05, 0) is 0 Å². The number of hydrazone groups is 1. The van der Waals surface area contributed by atoms with E-state index in [2.05, 4.69) is 10.5 Å². The van der Waals surface area contributed by atoms with E-state index in [-0.39, 0.29) is 5.57 Å². The van der Waals surface area contributed by atoms with E-state index >= 15 is 0 Å². The topological polar surface area (TPSA) is 140 Å². The van der Waals surface area contributed by atoms with Crippen LogP contribution in [-0.4, -0.2) is 16.9 Å². The highest BCUT2D eigenvalue weighted by Crippen LogP contribution is 1.88. The number of aliphatic hydroxyl groups excluding tert-OH is 1. The van der Waals surface area contributed by atoms with Crippen molar-refractivity contribution in [1.29, 1.82) is 21.0 Å². The molecule has 1 atom stereocenters. The molecule has 0 fully saturated rings. The van der Waals surface area contributed by atoms with Gasteiger partial charge < -0.3 is 5.11 Å². The van der Waals surface area contributed by atoms with E-state index in [1.807, 2.05) is 0 Å². The van der Waals surface area contributed by atoms with Crippen molar-refractivity contribution in [3.63, 3.8) is 0 Å². The lowest BCUT2D eigenvalue weighted by molar-refractivity contribution is 0.296. The highest BCUT2D eigenvalue weighted by atomic mass is 16.3. The molecule has 0 amide bonds. The van der Waals surface area contributed by atoms with Crippen molar-refractivity contribution < 1.29 is 5.11 Å². The first-order valence-corrected chi connectivity index (χ1v) is 3.50.